The van der Waals surface area contributed by atoms with E-state index in [1.807, 2.05) is 23.7 Å². The number of nitrogens with one attached hydrogen (secondary N) is 1. The van der Waals surface area contributed by atoms with Gasteiger partial charge in [0.2, 0.25) is 0 Å². The lowest BCUT2D eigenvalue weighted by molar-refractivity contribution is -0.122. The Bertz CT molecular complexity index is 916. The molecule has 3 aromatic rings. The molecule has 1 saturated carbocycles. The summed E-state index contributed by atoms with van der Waals surface area (Å²) in [5.74, 6) is -0.326. The first-order valence-electron chi connectivity index (χ1n) is 7.29. The van der Waals surface area contributed by atoms with Crippen LogP contribution in [0, 0.1) is 0 Å². The number of fused-ring (bicyclic) bond motifs is 1. The van der Waals surface area contributed by atoms with E-state index in [-0.39, 0.29) is 12.8 Å². The van der Waals surface area contributed by atoms with Gasteiger partial charge in [-0.1, -0.05) is 0 Å². The number of aromatic nitrogens is 4. The fourth-order valence-electron chi connectivity index (χ4n) is 2.40. The van der Waals surface area contributed by atoms with Crippen molar-refractivity contribution in [1.29, 1.82) is 0 Å². The van der Waals surface area contributed by atoms with Gasteiger partial charge in [-0.2, -0.15) is 0 Å². The number of nitrogens with zero attached hydrogens (tertiary/aromatic N) is 4. The van der Waals surface area contributed by atoms with Gasteiger partial charge in [0.15, 0.2) is 5.67 Å². The van der Waals surface area contributed by atoms with Gasteiger partial charge in [-0.3, -0.25) is 4.79 Å². The summed E-state index contributed by atoms with van der Waals surface area (Å²) in [4.78, 5) is 24.6. The van der Waals surface area contributed by atoms with Gasteiger partial charge < -0.3 is 9.88 Å². The van der Waals surface area contributed by atoms with Gasteiger partial charge in [0, 0.05) is 24.7 Å². The highest BCUT2D eigenvalue weighted by molar-refractivity contribution is 5.99. The Morgan fingerprint density at radius 1 is 1.35 bits per heavy atom. The van der Waals surface area contributed by atoms with Crippen LogP contribution in [-0.2, 0) is 11.8 Å². The summed E-state index contributed by atoms with van der Waals surface area (Å²) in [6.45, 7) is 0. The highest BCUT2D eigenvalue weighted by Crippen LogP contribution is 2.40. The summed E-state index contributed by atoms with van der Waals surface area (Å²) in [7, 11) is 1.89. The molecule has 1 fully saturated rings. The third-order valence-electron chi connectivity index (χ3n) is 3.99. The molecule has 116 valence electrons. The monoisotopic (exact) mass is 311 g/mol. The number of halogens is 1. The fourth-order valence-corrected chi connectivity index (χ4v) is 2.40. The van der Waals surface area contributed by atoms with Gasteiger partial charge in [-0.15, -0.1) is 0 Å². The van der Waals surface area contributed by atoms with E-state index in [2.05, 4.69) is 20.3 Å². The van der Waals surface area contributed by atoms with Crippen molar-refractivity contribution in [1.82, 2.24) is 19.5 Å². The first-order valence-corrected chi connectivity index (χ1v) is 7.29. The molecule has 0 spiro atoms. The second kappa shape index (κ2) is 4.84. The molecular weight excluding hydrogens is 297 g/mol. The van der Waals surface area contributed by atoms with Crippen LogP contribution in [0.15, 0.2) is 36.9 Å². The zero-order valence-corrected chi connectivity index (χ0v) is 12.5. The Balaban J connectivity index is 1.69. The molecule has 1 amide bonds. The van der Waals surface area contributed by atoms with Gasteiger partial charge in [0.25, 0.3) is 5.91 Å². The second-order valence-corrected chi connectivity index (χ2v) is 5.77. The minimum absolute atomic E-state index is 0.273. The number of imidazole rings is 1. The molecule has 4 rings (SSSR count). The lowest BCUT2D eigenvalue weighted by Gasteiger charge is -2.08. The first kappa shape index (κ1) is 13.8. The van der Waals surface area contributed by atoms with E-state index < -0.39 is 11.6 Å². The van der Waals surface area contributed by atoms with Gasteiger partial charge in [-0.25, -0.2) is 19.3 Å². The quantitative estimate of drug-likeness (QED) is 0.806. The molecule has 7 heteroatoms. The molecule has 3 heterocycles. The Labute approximate surface area is 131 Å². The number of hydrogen-bond acceptors (Lipinski definition) is 4. The molecule has 1 aliphatic carbocycles. The standard InChI is InChI=1S/C16H14FN5O/c1-22-9-18-8-13(22)11-3-2-10-7-19-14(6-12(10)20-11)21-15(23)16(17)4-5-16/h2-3,6-9H,4-5H2,1H3,(H,19,21,23). The molecular formula is C16H14FN5O. The molecule has 0 atom stereocenters. The molecule has 0 aliphatic heterocycles. The molecule has 3 aromatic heterocycles. The van der Waals surface area contributed by atoms with Gasteiger partial charge >= 0.3 is 0 Å². The van der Waals surface area contributed by atoms with Crippen molar-refractivity contribution in [2.24, 2.45) is 7.05 Å². The van der Waals surface area contributed by atoms with Crippen LogP contribution in [0.4, 0.5) is 10.2 Å². The van der Waals surface area contributed by atoms with Crippen LogP contribution in [0.5, 0.6) is 0 Å². The molecule has 0 bridgehead atoms. The molecule has 1 N–H and O–H groups in total. The smallest absolute Gasteiger partial charge is 0.263 e. The molecule has 0 saturated heterocycles. The second-order valence-electron chi connectivity index (χ2n) is 5.77. The van der Waals surface area contributed by atoms with E-state index in [9.17, 15) is 9.18 Å². The number of amides is 1. The van der Waals surface area contributed by atoms with E-state index in [0.29, 0.717) is 11.3 Å². The topological polar surface area (TPSA) is 72.7 Å². The number of carbonyl (C=O) groups excluding carboxylic acids is 1. The molecule has 0 unspecified atom stereocenters. The van der Waals surface area contributed by atoms with Crippen LogP contribution in [0.25, 0.3) is 22.3 Å². The molecule has 0 aromatic carbocycles. The van der Waals surface area contributed by atoms with Crippen molar-refractivity contribution >= 4 is 22.6 Å². The summed E-state index contributed by atoms with van der Waals surface area (Å²) in [5.41, 5.74) is 0.610. The zero-order chi connectivity index (χ0) is 16.0. The van der Waals surface area contributed by atoms with Gasteiger partial charge in [0.05, 0.1) is 29.4 Å². The number of hydrogen-bond donors (Lipinski definition) is 1. The van der Waals surface area contributed by atoms with E-state index in [1.54, 1.807) is 24.8 Å². The van der Waals surface area contributed by atoms with Gasteiger partial charge in [-0.05, 0) is 25.0 Å². The fraction of sp³-hybridized carbons (Fsp3) is 0.250. The van der Waals surface area contributed by atoms with Crippen LogP contribution in [0.1, 0.15) is 12.8 Å². The van der Waals surface area contributed by atoms with Gasteiger partial charge in [0.1, 0.15) is 5.82 Å². The number of aryl methyl sites for hydroxylation is 1. The predicted octanol–water partition coefficient (Wildman–Crippen LogP) is 2.47. The van der Waals surface area contributed by atoms with Crippen molar-refractivity contribution in [3.05, 3.63) is 36.9 Å². The lowest BCUT2D eigenvalue weighted by atomic mass is 10.2. The van der Waals surface area contributed by atoms with E-state index >= 15 is 0 Å². The summed E-state index contributed by atoms with van der Waals surface area (Å²) < 4.78 is 15.6. The third-order valence-corrected chi connectivity index (χ3v) is 3.99. The average Bonchev–Trinajstić information content (AvgIpc) is 3.15. The van der Waals surface area contributed by atoms with Crippen LogP contribution in [0.3, 0.4) is 0 Å². The number of carbonyl (C=O) groups is 1. The predicted molar refractivity (Wildman–Crippen MR) is 83.4 cm³/mol. The normalized spacial score (nSPS) is 15.6. The minimum atomic E-state index is -1.72. The summed E-state index contributed by atoms with van der Waals surface area (Å²) >= 11 is 0. The zero-order valence-electron chi connectivity index (χ0n) is 12.5. The Morgan fingerprint density at radius 3 is 2.87 bits per heavy atom. The summed E-state index contributed by atoms with van der Waals surface area (Å²) in [6.07, 6.45) is 5.60. The van der Waals surface area contributed by atoms with Crippen molar-refractivity contribution in [2.75, 3.05) is 5.32 Å². The largest absolute Gasteiger partial charge is 0.332 e. The van der Waals surface area contributed by atoms with Crippen LogP contribution >= 0.6 is 0 Å². The van der Waals surface area contributed by atoms with Crippen LogP contribution in [-0.4, -0.2) is 31.1 Å². The molecule has 6 nitrogen and oxygen atoms in total. The van der Waals surface area contributed by atoms with E-state index in [1.165, 1.54) is 0 Å². The minimum Gasteiger partial charge on any atom is -0.332 e. The lowest BCUT2D eigenvalue weighted by Crippen LogP contribution is -2.25. The molecule has 1 aliphatic rings. The van der Waals surface area contributed by atoms with Crippen LogP contribution < -0.4 is 5.32 Å². The highest BCUT2D eigenvalue weighted by Gasteiger charge is 2.51. The van der Waals surface area contributed by atoms with E-state index in [4.69, 9.17) is 0 Å². The van der Waals surface area contributed by atoms with Crippen LogP contribution in [0.2, 0.25) is 0 Å². The Morgan fingerprint density at radius 2 is 2.17 bits per heavy atom. The first-order chi connectivity index (χ1) is 11.0. The number of alkyl halides is 1. The number of rotatable bonds is 3. The van der Waals surface area contributed by atoms with E-state index in [0.717, 1.165) is 16.8 Å². The highest BCUT2D eigenvalue weighted by atomic mass is 19.1. The molecule has 0 radical (unpaired) electrons. The molecule has 23 heavy (non-hydrogen) atoms. The average molecular weight is 311 g/mol. The maximum Gasteiger partial charge on any atom is 0.263 e. The number of pyridine rings is 2. The summed E-state index contributed by atoms with van der Waals surface area (Å²) in [6, 6.07) is 5.44. The van der Waals surface area contributed by atoms with Crippen molar-refractivity contribution in [3.8, 4) is 11.4 Å². The maximum atomic E-state index is 13.7. The maximum absolute atomic E-state index is 13.7. The van der Waals surface area contributed by atoms with Crippen molar-refractivity contribution in [2.45, 2.75) is 18.5 Å². The SMILES string of the molecule is Cn1cncc1-c1ccc2cnc(NC(=O)C3(F)CC3)cc2n1. The van der Waals surface area contributed by atoms with Crippen molar-refractivity contribution < 1.29 is 9.18 Å². The Kier molecular flexibility index (Phi) is 2.90. The summed E-state index contributed by atoms with van der Waals surface area (Å²) in [5, 5.41) is 3.36. The Hall–Kier alpha value is -2.83. The third kappa shape index (κ3) is 2.44. The van der Waals surface area contributed by atoms with Crippen molar-refractivity contribution in [3.63, 3.8) is 0 Å². The number of anilines is 1.